The van der Waals surface area contributed by atoms with Crippen LogP contribution in [0.4, 0.5) is 5.69 Å². The van der Waals surface area contributed by atoms with Crippen LogP contribution < -0.4 is 16.0 Å². The van der Waals surface area contributed by atoms with Crippen LogP contribution >= 0.6 is 0 Å². The van der Waals surface area contributed by atoms with E-state index in [-0.39, 0.29) is 23.7 Å². The Morgan fingerprint density at radius 1 is 0.719 bits per heavy atom. The molecule has 0 heterocycles. The molecule has 6 nitrogen and oxygen atoms in total. The summed E-state index contributed by atoms with van der Waals surface area (Å²) in [5.41, 5.74) is 4.76. The number of nitrogens with one attached hydrogen (secondary N) is 3. The molecule has 0 aliphatic heterocycles. The Morgan fingerprint density at radius 3 is 2.12 bits per heavy atom. The molecule has 0 bridgehead atoms. The maximum atomic E-state index is 12.7. The van der Waals surface area contributed by atoms with E-state index < -0.39 is 11.8 Å². The number of rotatable bonds is 7. The minimum atomic E-state index is -0.825. The predicted molar refractivity (Wildman–Crippen MR) is 125 cm³/mol. The molecule has 0 saturated carbocycles. The molecule has 0 saturated heterocycles. The summed E-state index contributed by atoms with van der Waals surface area (Å²) in [6.07, 6.45) is 0.938. The zero-order valence-corrected chi connectivity index (χ0v) is 18.3. The first-order chi connectivity index (χ1) is 15.5. The molecule has 0 radical (unpaired) electrons. The number of anilines is 1. The first-order valence-corrected chi connectivity index (χ1v) is 10.6. The summed E-state index contributed by atoms with van der Waals surface area (Å²) in [5.74, 6) is -1.92. The first-order valence-electron chi connectivity index (χ1n) is 10.6. The number of hydrogen-bond acceptors (Lipinski definition) is 3. The molecule has 0 spiro atoms. The van der Waals surface area contributed by atoms with E-state index >= 15 is 0 Å². The minimum absolute atomic E-state index is 0.245. The molecule has 0 aliphatic rings. The minimum Gasteiger partial charge on any atom is -0.348 e. The number of aryl methyl sites for hydroxylation is 2. The van der Waals surface area contributed by atoms with Gasteiger partial charge in [0.15, 0.2) is 0 Å². The molecule has 0 atom stereocenters. The van der Waals surface area contributed by atoms with E-state index in [9.17, 15) is 14.4 Å². The highest BCUT2D eigenvalue weighted by molar-refractivity contribution is 6.40. The van der Waals surface area contributed by atoms with E-state index in [1.54, 1.807) is 24.3 Å². The number of benzene rings is 3. The van der Waals surface area contributed by atoms with Crippen LogP contribution in [0.15, 0.2) is 72.8 Å². The van der Waals surface area contributed by atoms with Gasteiger partial charge in [0.1, 0.15) is 0 Å². The molecule has 0 fully saturated rings. The lowest BCUT2D eigenvalue weighted by Crippen LogP contribution is -2.35. The lowest BCUT2D eigenvalue weighted by atomic mass is 10.1. The van der Waals surface area contributed by atoms with Gasteiger partial charge in [-0.3, -0.25) is 14.4 Å². The Balaban J connectivity index is 1.58. The number of amides is 3. The van der Waals surface area contributed by atoms with Gasteiger partial charge in [0, 0.05) is 13.1 Å². The molecule has 6 heteroatoms. The molecule has 32 heavy (non-hydrogen) atoms. The van der Waals surface area contributed by atoms with Gasteiger partial charge in [-0.25, -0.2) is 0 Å². The van der Waals surface area contributed by atoms with Crippen LogP contribution in [0.5, 0.6) is 0 Å². The molecule has 3 aromatic carbocycles. The molecule has 3 N–H and O–H groups in total. The summed E-state index contributed by atoms with van der Waals surface area (Å²) >= 11 is 0. The smallest absolute Gasteiger partial charge is 0.313 e. The van der Waals surface area contributed by atoms with Gasteiger partial charge in [0.05, 0.1) is 11.3 Å². The van der Waals surface area contributed by atoms with Crippen LogP contribution in [-0.2, 0) is 29.1 Å². The molecule has 0 unspecified atom stereocenters. The zero-order valence-electron chi connectivity index (χ0n) is 18.3. The van der Waals surface area contributed by atoms with Crippen molar-refractivity contribution in [3.63, 3.8) is 0 Å². The monoisotopic (exact) mass is 429 g/mol. The maximum absolute atomic E-state index is 12.7. The molecule has 164 valence electrons. The van der Waals surface area contributed by atoms with Gasteiger partial charge in [-0.1, -0.05) is 73.2 Å². The van der Waals surface area contributed by atoms with Crippen LogP contribution in [0.25, 0.3) is 0 Å². The van der Waals surface area contributed by atoms with Crippen molar-refractivity contribution in [3.05, 3.63) is 101 Å². The van der Waals surface area contributed by atoms with Crippen LogP contribution in [0.3, 0.4) is 0 Å². The SMILES string of the molecule is CCc1ccc(CNC(=O)C(=O)Nc2ccccc2C(=O)NCc2cccc(C)c2)cc1. The van der Waals surface area contributed by atoms with Crippen molar-refractivity contribution in [2.75, 3.05) is 5.32 Å². The van der Waals surface area contributed by atoms with E-state index in [1.807, 2.05) is 55.5 Å². The van der Waals surface area contributed by atoms with Gasteiger partial charge < -0.3 is 16.0 Å². The van der Waals surface area contributed by atoms with E-state index in [0.29, 0.717) is 6.54 Å². The molecular weight excluding hydrogens is 402 g/mol. The van der Waals surface area contributed by atoms with Crippen molar-refractivity contribution >= 4 is 23.4 Å². The van der Waals surface area contributed by atoms with Crippen LogP contribution in [0.2, 0.25) is 0 Å². The predicted octanol–water partition coefficient (Wildman–Crippen LogP) is 3.74. The third-order valence-electron chi connectivity index (χ3n) is 5.05. The van der Waals surface area contributed by atoms with E-state index in [4.69, 9.17) is 0 Å². The Kier molecular flexibility index (Phi) is 7.75. The maximum Gasteiger partial charge on any atom is 0.313 e. The van der Waals surface area contributed by atoms with Gasteiger partial charge in [-0.05, 0) is 42.2 Å². The number of carbonyl (C=O) groups is 3. The van der Waals surface area contributed by atoms with Gasteiger partial charge in [0.2, 0.25) is 0 Å². The largest absolute Gasteiger partial charge is 0.348 e. The highest BCUT2D eigenvalue weighted by Crippen LogP contribution is 2.15. The highest BCUT2D eigenvalue weighted by atomic mass is 16.2. The Bertz CT molecular complexity index is 1110. The zero-order chi connectivity index (χ0) is 22.9. The number of hydrogen-bond donors (Lipinski definition) is 3. The lowest BCUT2D eigenvalue weighted by molar-refractivity contribution is -0.136. The summed E-state index contributed by atoms with van der Waals surface area (Å²) in [6.45, 7) is 4.66. The van der Waals surface area contributed by atoms with E-state index in [2.05, 4.69) is 22.9 Å². The third-order valence-corrected chi connectivity index (χ3v) is 5.05. The molecule has 3 amide bonds. The summed E-state index contributed by atoms with van der Waals surface area (Å²) < 4.78 is 0. The van der Waals surface area contributed by atoms with Crippen molar-refractivity contribution in [1.82, 2.24) is 10.6 Å². The first kappa shape index (κ1) is 22.7. The van der Waals surface area contributed by atoms with Crippen molar-refractivity contribution in [2.45, 2.75) is 33.4 Å². The molecule has 0 aliphatic carbocycles. The second-order valence-corrected chi connectivity index (χ2v) is 7.52. The quantitative estimate of drug-likeness (QED) is 0.500. The Hall–Kier alpha value is -3.93. The second kappa shape index (κ2) is 10.9. The van der Waals surface area contributed by atoms with Crippen molar-refractivity contribution < 1.29 is 14.4 Å². The summed E-state index contributed by atoms with van der Waals surface area (Å²) in [7, 11) is 0. The summed E-state index contributed by atoms with van der Waals surface area (Å²) in [6, 6.07) is 22.3. The average Bonchev–Trinajstić information content (AvgIpc) is 2.81. The van der Waals surface area contributed by atoms with Crippen molar-refractivity contribution in [3.8, 4) is 0 Å². The third kappa shape index (κ3) is 6.28. The van der Waals surface area contributed by atoms with Gasteiger partial charge in [-0.2, -0.15) is 0 Å². The van der Waals surface area contributed by atoms with Crippen LogP contribution in [0.1, 0.15) is 39.5 Å². The van der Waals surface area contributed by atoms with Crippen molar-refractivity contribution in [2.24, 2.45) is 0 Å². The summed E-state index contributed by atoms with van der Waals surface area (Å²) in [4.78, 5) is 37.3. The standard InChI is InChI=1S/C26H27N3O3/c1-3-19-11-13-20(14-12-19)16-28-25(31)26(32)29-23-10-5-4-9-22(23)24(30)27-17-21-8-6-7-18(2)15-21/h4-15H,3,16-17H2,1-2H3,(H,27,30)(H,28,31)(H,29,32). The van der Waals surface area contributed by atoms with E-state index in [1.165, 1.54) is 5.56 Å². The van der Waals surface area contributed by atoms with E-state index in [0.717, 1.165) is 23.1 Å². The molecular formula is C26H27N3O3. The van der Waals surface area contributed by atoms with Gasteiger partial charge in [-0.15, -0.1) is 0 Å². The van der Waals surface area contributed by atoms with Gasteiger partial charge >= 0.3 is 11.8 Å². The van der Waals surface area contributed by atoms with Crippen LogP contribution in [0, 0.1) is 6.92 Å². The van der Waals surface area contributed by atoms with Gasteiger partial charge in [0.25, 0.3) is 5.91 Å². The topological polar surface area (TPSA) is 87.3 Å². The lowest BCUT2D eigenvalue weighted by Gasteiger charge is -2.12. The highest BCUT2D eigenvalue weighted by Gasteiger charge is 2.17. The molecule has 3 rings (SSSR count). The average molecular weight is 430 g/mol. The number of para-hydroxylation sites is 1. The summed E-state index contributed by atoms with van der Waals surface area (Å²) in [5, 5.41) is 8.00. The van der Waals surface area contributed by atoms with Crippen molar-refractivity contribution in [1.29, 1.82) is 0 Å². The Morgan fingerprint density at radius 2 is 1.41 bits per heavy atom. The van der Waals surface area contributed by atoms with Crippen LogP contribution in [-0.4, -0.2) is 17.7 Å². The molecule has 0 aromatic heterocycles. The fourth-order valence-electron chi connectivity index (χ4n) is 3.22. The fraction of sp³-hybridized carbons (Fsp3) is 0.192. The number of carbonyl (C=O) groups excluding carboxylic acids is 3. The Labute approximate surface area is 188 Å². The second-order valence-electron chi connectivity index (χ2n) is 7.52. The fourth-order valence-corrected chi connectivity index (χ4v) is 3.22. The normalized spacial score (nSPS) is 10.3. The molecule has 3 aromatic rings.